The van der Waals surface area contributed by atoms with Crippen LogP contribution in [0.4, 0.5) is 0 Å². The standard InChI is InChI=1S/C16H24BrNO3/c1-16(2)11-18(9-12(10-19)21-16)8-7-15(20)13-5-3-4-6-14(13)17/h3-6,12,15,19-20H,7-11H2,1-2H3. The number of rotatable bonds is 5. The number of ether oxygens (including phenoxy) is 1. The van der Waals surface area contributed by atoms with Crippen molar-refractivity contribution in [2.75, 3.05) is 26.2 Å². The smallest absolute Gasteiger partial charge is 0.0940 e. The van der Waals surface area contributed by atoms with E-state index in [1.165, 1.54) is 0 Å². The number of halogens is 1. The molecule has 5 heteroatoms. The number of aliphatic hydroxyl groups is 2. The van der Waals surface area contributed by atoms with Gasteiger partial charge in [0.1, 0.15) is 0 Å². The van der Waals surface area contributed by atoms with Gasteiger partial charge in [-0.15, -0.1) is 0 Å². The highest BCUT2D eigenvalue weighted by molar-refractivity contribution is 9.10. The summed E-state index contributed by atoms with van der Waals surface area (Å²) < 4.78 is 6.74. The van der Waals surface area contributed by atoms with Crippen LogP contribution in [0, 0.1) is 0 Å². The Bertz CT molecular complexity index is 467. The zero-order valence-corrected chi connectivity index (χ0v) is 14.2. The first kappa shape index (κ1) is 16.9. The van der Waals surface area contributed by atoms with E-state index in [1.54, 1.807) is 0 Å². The fourth-order valence-electron chi connectivity index (χ4n) is 2.89. The molecule has 2 rings (SSSR count). The summed E-state index contributed by atoms with van der Waals surface area (Å²) in [6.07, 6.45) is 0.0325. The van der Waals surface area contributed by atoms with E-state index in [1.807, 2.05) is 38.1 Å². The van der Waals surface area contributed by atoms with E-state index in [9.17, 15) is 10.2 Å². The maximum atomic E-state index is 10.3. The van der Waals surface area contributed by atoms with Gasteiger partial charge in [-0.2, -0.15) is 0 Å². The lowest BCUT2D eigenvalue weighted by Gasteiger charge is -2.42. The Balaban J connectivity index is 1.91. The van der Waals surface area contributed by atoms with E-state index in [-0.39, 0.29) is 18.3 Å². The molecule has 1 aromatic rings. The van der Waals surface area contributed by atoms with Crippen LogP contribution >= 0.6 is 15.9 Å². The summed E-state index contributed by atoms with van der Waals surface area (Å²) in [6.45, 7) is 6.41. The Morgan fingerprint density at radius 2 is 2.14 bits per heavy atom. The second-order valence-electron chi connectivity index (χ2n) is 6.24. The highest BCUT2D eigenvalue weighted by atomic mass is 79.9. The fourth-order valence-corrected chi connectivity index (χ4v) is 3.44. The van der Waals surface area contributed by atoms with Gasteiger partial charge in [0.05, 0.1) is 24.4 Å². The molecular formula is C16H24BrNO3. The molecule has 0 spiro atoms. The molecule has 118 valence electrons. The van der Waals surface area contributed by atoms with Crippen molar-refractivity contribution in [1.82, 2.24) is 4.90 Å². The Labute approximate surface area is 134 Å². The second-order valence-corrected chi connectivity index (χ2v) is 7.10. The Morgan fingerprint density at radius 3 is 2.81 bits per heavy atom. The predicted octanol–water partition coefficient (Wildman–Crippen LogP) is 2.34. The Kier molecular flexibility index (Phi) is 5.80. The molecule has 1 fully saturated rings. The van der Waals surface area contributed by atoms with Crippen LogP contribution in [0.15, 0.2) is 28.7 Å². The average molecular weight is 358 g/mol. The van der Waals surface area contributed by atoms with Gasteiger partial charge in [0.25, 0.3) is 0 Å². The van der Waals surface area contributed by atoms with Gasteiger partial charge >= 0.3 is 0 Å². The molecule has 0 saturated carbocycles. The number of morpholine rings is 1. The van der Waals surface area contributed by atoms with Gasteiger partial charge < -0.3 is 14.9 Å². The minimum absolute atomic E-state index is 0.0344. The molecule has 4 nitrogen and oxygen atoms in total. The molecule has 2 atom stereocenters. The van der Waals surface area contributed by atoms with Crippen molar-refractivity contribution in [2.24, 2.45) is 0 Å². The lowest BCUT2D eigenvalue weighted by atomic mass is 10.0. The number of hydrogen-bond donors (Lipinski definition) is 2. The molecule has 1 aliphatic rings. The fraction of sp³-hybridized carbons (Fsp3) is 0.625. The van der Waals surface area contributed by atoms with E-state index in [2.05, 4.69) is 20.8 Å². The zero-order valence-electron chi connectivity index (χ0n) is 12.6. The largest absolute Gasteiger partial charge is 0.394 e. The van der Waals surface area contributed by atoms with Crippen LogP contribution in [0.25, 0.3) is 0 Å². The molecule has 0 aliphatic carbocycles. The summed E-state index contributed by atoms with van der Waals surface area (Å²) in [5, 5.41) is 19.7. The van der Waals surface area contributed by atoms with Crippen LogP contribution in [0.3, 0.4) is 0 Å². The summed E-state index contributed by atoms with van der Waals surface area (Å²) in [5.74, 6) is 0. The highest BCUT2D eigenvalue weighted by Crippen LogP contribution is 2.27. The quantitative estimate of drug-likeness (QED) is 0.849. The lowest BCUT2D eigenvalue weighted by molar-refractivity contribution is -0.149. The van der Waals surface area contributed by atoms with E-state index < -0.39 is 6.10 Å². The van der Waals surface area contributed by atoms with Gasteiger partial charge in [-0.05, 0) is 31.9 Å². The normalized spacial score (nSPS) is 24.0. The molecule has 1 aliphatic heterocycles. The van der Waals surface area contributed by atoms with Gasteiger partial charge in [-0.3, -0.25) is 4.90 Å². The van der Waals surface area contributed by atoms with E-state index in [0.717, 1.165) is 23.1 Å². The molecule has 2 N–H and O–H groups in total. The van der Waals surface area contributed by atoms with Crippen molar-refractivity contribution < 1.29 is 14.9 Å². The Hall–Kier alpha value is -0.460. The van der Waals surface area contributed by atoms with Crippen molar-refractivity contribution in [2.45, 2.75) is 38.1 Å². The van der Waals surface area contributed by atoms with E-state index >= 15 is 0 Å². The average Bonchev–Trinajstić information content (AvgIpc) is 2.43. The first-order valence-electron chi connectivity index (χ1n) is 7.35. The van der Waals surface area contributed by atoms with E-state index in [4.69, 9.17) is 4.74 Å². The summed E-state index contributed by atoms with van der Waals surface area (Å²) in [6, 6.07) is 7.76. The molecular weight excluding hydrogens is 334 g/mol. The molecule has 0 radical (unpaired) electrons. The molecule has 2 unspecified atom stereocenters. The van der Waals surface area contributed by atoms with Gasteiger partial charge in [0.15, 0.2) is 0 Å². The van der Waals surface area contributed by atoms with Crippen LogP contribution in [-0.2, 0) is 4.74 Å². The SMILES string of the molecule is CC1(C)CN(CCC(O)c2ccccc2Br)CC(CO)O1. The molecule has 0 aromatic heterocycles. The van der Waals surface area contributed by atoms with Crippen molar-refractivity contribution in [1.29, 1.82) is 0 Å². The van der Waals surface area contributed by atoms with Crippen LogP contribution in [0.2, 0.25) is 0 Å². The first-order chi connectivity index (χ1) is 9.91. The van der Waals surface area contributed by atoms with Gasteiger partial charge in [0, 0.05) is 24.1 Å². The lowest BCUT2D eigenvalue weighted by Crippen LogP contribution is -2.54. The van der Waals surface area contributed by atoms with Gasteiger partial charge in [-0.25, -0.2) is 0 Å². The Morgan fingerprint density at radius 1 is 1.43 bits per heavy atom. The molecule has 1 aromatic carbocycles. The molecule has 21 heavy (non-hydrogen) atoms. The molecule has 0 amide bonds. The van der Waals surface area contributed by atoms with Gasteiger partial charge in [0.2, 0.25) is 0 Å². The summed E-state index contributed by atoms with van der Waals surface area (Å²) in [5.41, 5.74) is 0.660. The van der Waals surface area contributed by atoms with Crippen molar-refractivity contribution in [3.63, 3.8) is 0 Å². The van der Waals surface area contributed by atoms with Gasteiger partial charge in [-0.1, -0.05) is 34.1 Å². The first-order valence-corrected chi connectivity index (χ1v) is 8.14. The summed E-state index contributed by atoms with van der Waals surface area (Å²) >= 11 is 3.48. The topological polar surface area (TPSA) is 52.9 Å². The predicted molar refractivity (Wildman–Crippen MR) is 86.2 cm³/mol. The van der Waals surface area contributed by atoms with Crippen LogP contribution in [0.1, 0.15) is 31.9 Å². The minimum atomic E-state index is -0.487. The third kappa shape index (κ3) is 4.76. The minimum Gasteiger partial charge on any atom is -0.394 e. The second kappa shape index (κ2) is 7.20. The van der Waals surface area contributed by atoms with E-state index in [0.29, 0.717) is 13.0 Å². The van der Waals surface area contributed by atoms with Crippen LogP contribution < -0.4 is 0 Å². The monoisotopic (exact) mass is 357 g/mol. The van der Waals surface area contributed by atoms with Crippen molar-refractivity contribution in [3.05, 3.63) is 34.3 Å². The van der Waals surface area contributed by atoms with Crippen molar-refractivity contribution >= 4 is 15.9 Å². The van der Waals surface area contributed by atoms with Crippen LogP contribution in [-0.4, -0.2) is 53.1 Å². The third-order valence-corrected chi connectivity index (χ3v) is 4.46. The molecule has 0 bridgehead atoms. The molecule has 1 heterocycles. The number of hydrogen-bond acceptors (Lipinski definition) is 4. The molecule has 1 saturated heterocycles. The number of benzene rings is 1. The summed E-state index contributed by atoms with van der Waals surface area (Å²) in [7, 11) is 0. The summed E-state index contributed by atoms with van der Waals surface area (Å²) in [4.78, 5) is 2.25. The number of aliphatic hydroxyl groups excluding tert-OH is 2. The zero-order chi connectivity index (χ0) is 15.5. The van der Waals surface area contributed by atoms with Crippen molar-refractivity contribution in [3.8, 4) is 0 Å². The third-order valence-electron chi connectivity index (χ3n) is 3.74. The van der Waals surface area contributed by atoms with Crippen LogP contribution in [0.5, 0.6) is 0 Å². The number of nitrogens with zero attached hydrogens (tertiary/aromatic N) is 1. The maximum absolute atomic E-state index is 10.3. The highest BCUT2D eigenvalue weighted by Gasteiger charge is 2.33. The maximum Gasteiger partial charge on any atom is 0.0940 e.